The Bertz CT molecular complexity index is 1190. The van der Waals surface area contributed by atoms with Crippen LogP contribution in [0.25, 0.3) is 21.8 Å². The quantitative estimate of drug-likeness (QED) is 0.302. The molecule has 0 amide bonds. The fourth-order valence-corrected chi connectivity index (χ4v) is 4.23. The van der Waals surface area contributed by atoms with Gasteiger partial charge in [0.1, 0.15) is 5.75 Å². The molecule has 0 aliphatic heterocycles. The third kappa shape index (κ3) is 3.65. The van der Waals surface area contributed by atoms with Gasteiger partial charge >= 0.3 is 5.97 Å². The lowest BCUT2D eigenvalue weighted by Gasteiger charge is -2.10. The summed E-state index contributed by atoms with van der Waals surface area (Å²) in [5.41, 5.74) is 4.61. The van der Waals surface area contributed by atoms with E-state index in [9.17, 15) is 9.90 Å². The number of aryl methyl sites for hydroxylation is 1. The minimum absolute atomic E-state index is 0.215. The second-order valence-corrected chi connectivity index (χ2v) is 7.73. The van der Waals surface area contributed by atoms with Crippen LogP contribution in [0.1, 0.15) is 47.7 Å². The van der Waals surface area contributed by atoms with Crippen molar-refractivity contribution in [1.82, 2.24) is 4.57 Å². The van der Waals surface area contributed by atoms with Crippen molar-refractivity contribution < 1.29 is 14.6 Å². The topological polar surface area (TPSA) is 51.5 Å². The Morgan fingerprint density at radius 2 is 1.73 bits per heavy atom. The number of fused-ring (bicyclic) bond motifs is 3. The van der Waals surface area contributed by atoms with E-state index in [2.05, 4.69) is 29.7 Å². The first kappa shape index (κ1) is 20.0. The Morgan fingerprint density at radius 3 is 2.47 bits per heavy atom. The third-order valence-electron chi connectivity index (χ3n) is 5.69. The highest BCUT2D eigenvalue weighted by Crippen LogP contribution is 2.39. The highest BCUT2D eigenvalue weighted by Gasteiger charge is 2.21. The van der Waals surface area contributed by atoms with Gasteiger partial charge in [-0.15, -0.1) is 0 Å². The Labute approximate surface area is 176 Å². The standard InChI is InChI=1S/C26H27NO3/c1-3-4-6-12-19-15-22-25(23(28)16-19)24-20(26(29)30-2)13-9-14-21(24)27(22)17-18-10-7-5-8-11-18/h5,7-11,13-16,28H,3-4,6,12,17H2,1-2H3. The summed E-state index contributed by atoms with van der Waals surface area (Å²) in [5, 5.41) is 12.5. The van der Waals surface area contributed by atoms with Gasteiger partial charge in [0.25, 0.3) is 0 Å². The molecule has 0 radical (unpaired) electrons. The molecule has 1 aromatic heterocycles. The first-order valence-electron chi connectivity index (χ1n) is 10.5. The van der Waals surface area contributed by atoms with Crippen molar-refractivity contribution in [3.05, 3.63) is 77.4 Å². The van der Waals surface area contributed by atoms with Crippen LogP contribution in [0.3, 0.4) is 0 Å². The number of nitrogens with zero attached hydrogens (tertiary/aromatic N) is 1. The SMILES string of the molecule is CCCCCc1cc(O)c2c3c(C(=O)OC)cccc3n(Cc3ccccc3)c2c1. The summed E-state index contributed by atoms with van der Waals surface area (Å²) in [6.07, 6.45) is 4.34. The van der Waals surface area contributed by atoms with E-state index < -0.39 is 5.97 Å². The van der Waals surface area contributed by atoms with Crippen molar-refractivity contribution in [3.8, 4) is 5.75 Å². The van der Waals surface area contributed by atoms with Crippen molar-refractivity contribution >= 4 is 27.8 Å². The largest absolute Gasteiger partial charge is 0.507 e. The van der Waals surface area contributed by atoms with E-state index in [4.69, 9.17) is 4.74 Å². The van der Waals surface area contributed by atoms with Crippen molar-refractivity contribution in [2.75, 3.05) is 7.11 Å². The minimum atomic E-state index is -0.397. The molecule has 0 fully saturated rings. The number of carbonyl (C=O) groups is 1. The summed E-state index contributed by atoms with van der Waals surface area (Å²) < 4.78 is 7.21. The summed E-state index contributed by atoms with van der Waals surface area (Å²) >= 11 is 0. The molecule has 0 spiro atoms. The van der Waals surface area contributed by atoms with Crippen LogP contribution in [0.4, 0.5) is 0 Å². The maximum Gasteiger partial charge on any atom is 0.338 e. The zero-order chi connectivity index (χ0) is 21.1. The van der Waals surface area contributed by atoms with Crippen LogP contribution in [0, 0.1) is 0 Å². The molecule has 0 saturated heterocycles. The number of aromatic hydroxyl groups is 1. The Morgan fingerprint density at radius 1 is 0.933 bits per heavy atom. The van der Waals surface area contributed by atoms with Crippen LogP contribution in [0.15, 0.2) is 60.7 Å². The van der Waals surface area contributed by atoms with Crippen LogP contribution < -0.4 is 0 Å². The summed E-state index contributed by atoms with van der Waals surface area (Å²) in [4.78, 5) is 12.5. The summed E-state index contributed by atoms with van der Waals surface area (Å²) in [6, 6.07) is 19.9. The number of aromatic nitrogens is 1. The maximum atomic E-state index is 12.5. The molecule has 0 atom stereocenters. The number of hydrogen-bond donors (Lipinski definition) is 1. The lowest BCUT2D eigenvalue weighted by molar-refractivity contribution is 0.0603. The number of phenols is 1. The zero-order valence-corrected chi connectivity index (χ0v) is 17.5. The summed E-state index contributed by atoms with van der Waals surface area (Å²) in [6.45, 7) is 2.84. The normalized spacial score (nSPS) is 11.3. The van der Waals surface area contributed by atoms with Crippen molar-refractivity contribution in [1.29, 1.82) is 0 Å². The molecule has 30 heavy (non-hydrogen) atoms. The molecule has 154 valence electrons. The predicted octanol–water partition coefficient (Wildman–Crippen LogP) is 6.07. The van der Waals surface area contributed by atoms with Crippen LogP contribution >= 0.6 is 0 Å². The average molecular weight is 402 g/mol. The van der Waals surface area contributed by atoms with Gasteiger partial charge in [-0.25, -0.2) is 4.79 Å². The van der Waals surface area contributed by atoms with E-state index in [1.54, 1.807) is 6.07 Å². The van der Waals surface area contributed by atoms with Gasteiger partial charge in [-0.2, -0.15) is 0 Å². The van der Waals surface area contributed by atoms with Gasteiger partial charge in [-0.1, -0.05) is 56.2 Å². The molecule has 4 aromatic rings. The van der Waals surface area contributed by atoms with Gasteiger partial charge < -0.3 is 14.4 Å². The number of rotatable bonds is 7. The molecular formula is C26H27NO3. The van der Waals surface area contributed by atoms with E-state index in [1.165, 1.54) is 7.11 Å². The molecule has 0 aliphatic rings. The van der Waals surface area contributed by atoms with Gasteiger partial charge in [0.15, 0.2) is 0 Å². The lowest BCUT2D eigenvalue weighted by atomic mass is 10.0. The molecular weight excluding hydrogens is 374 g/mol. The molecule has 0 saturated carbocycles. The molecule has 4 rings (SSSR count). The van der Waals surface area contributed by atoms with Crippen LogP contribution in [-0.4, -0.2) is 22.8 Å². The second-order valence-electron chi connectivity index (χ2n) is 7.73. The Balaban J connectivity index is 1.98. The fraction of sp³-hybridized carbons (Fsp3) is 0.269. The fourth-order valence-electron chi connectivity index (χ4n) is 4.23. The van der Waals surface area contributed by atoms with Crippen LogP contribution in [0.5, 0.6) is 5.75 Å². The molecule has 4 nitrogen and oxygen atoms in total. The molecule has 4 heteroatoms. The number of hydrogen-bond acceptors (Lipinski definition) is 3. The molecule has 3 aromatic carbocycles. The third-order valence-corrected chi connectivity index (χ3v) is 5.69. The molecule has 0 unspecified atom stereocenters. The first-order valence-corrected chi connectivity index (χ1v) is 10.5. The molecule has 1 heterocycles. The zero-order valence-electron chi connectivity index (χ0n) is 17.5. The Hall–Kier alpha value is -3.27. The van der Waals surface area contributed by atoms with E-state index >= 15 is 0 Å². The maximum absolute atomic E-state index is 12.5. The highest BCUT2D eigenvalue weighted by molar-refractivity contribution is 6.19. The van der Waals surface area contributed by atoms with E-state index in [0.29, 0.717) is 17.5 Å². The predicted molar refractivity (Wildman–Crippen MR) is 121 cm³/mol. The average Bonchev–Trinajstić information content (AvgIpc) is 3.08. The first-order chi connectivity index (χ1) is 14.6. The van der Waals surface area contributed by atoms with Crippen molar-refractivity contribution in [3.63, 3.8) is 0 Å². The summed E-state index contributed by atoms with van der Waals surface area (Å²) in [7, 11) is 1.38. The van der Waals surface area contributed by atoms with E-state index in [1.807, 2.05) is 36.4 Å². The van der Waals surface area contributed by atoms with Gasteiger partial charge in [-0.3, -0.25) is 0 Å². The number of methoxy groups -OCH3 is 1. The van der Waals surface area contributed by atoms with E-state index in [-0.39, 0.29) is 5.75 Å². The van der Waals surface area contributed by atoms with Gasteiger partial charge in [0.05, 0.1) is 29.1 Å². The minimum Gasteiger partial charge on any atom is -0.507 e. The number of benzene rings is 3. The van der Waals surface area contributed by atoms with Crippen molar-refractivity contribution in [2.24, 2.45) is 0 Å². The highest BCUT2D eigenvalue weighted by atomic mass is 16.5. The van der Waals surface area contributed by atoms with Gasteiger partial charge in [0, 0.05) is 11.9 Å². The summed E-state index contributed by atoms with van der Waals surface area (Å²) in [5.74, 6) is -0.182. The smallest absolute Gasteiger partial charge is 0.338 e. The number of ether oxygens (including phenoxy) is 1. The van der Waals surface area contributed by atoms with Crippen molar-refractivity contribution in [2.45, 2.75) is 39.2 Å². The monoisotopic (exact) mass is 401 g/mol. The lowest BCUT2D eigenvalue weighted by Crippen LogP contribution is -2.02. The Kier molecular flexibility index (Phi) is 5.75. The molecule has 0 aliphatic carbocycles. The number of phenolic OH excluding ortho intramolecular Hbond substituents is 1. The van der Waals surface area contributed by atoms with Gasteiger partial charge in [-0.05, 0) is 48.2 Å². The number of esters is 1. The van der Waals surface area contributed by atoms with E-state index in [0.717, 1.165) is 53.2 Å². The van der Waals surface area contributed by atoms with Gasteiger partial charge in [0.2, 0.25) is 0 Å². The van der Waals surface area contributed by atoms with Crippen LogP contribution in [0.2, 0.25) is 0 Å². The molecule has 0 bridgehead atoms. The second kappa shape index (κ2) is 8.62. The number of unbranched alkanes of at least 4 members (excludes halogenated alkanes) is 2. The number of carbonyl (C=O) groups excluding carboxylic acids is 1. The molecule has 1 N–H and O–H groups in total. The van der Waals surface area contributed by atoms with Crippen LogP contribution in [-0.2, 0) is 17.7 Å².